The van der Waals surface area contributed by atoms with E-state index in [1.54, 1.807) is 0 Å². The highest BCUT2D eigenvalue weighted by Gasteiger charge is 2.38. The molecule has 1 aliphatic heterocycles. The van der Waals surface area contributed by atoms with Crippen molar-refractivity contribution in [1.82, 2.24) is 10.2 Å². The van der Waals surface area contributed by atoms with Gasteiger partial charge in [0.2, 0.25) is 11.8 Å². The molecule has 2 amide bonds. The van der Waals surface area contributed by atoms with Crippen LogP contribution >= 0.6 is 0 Å². The van der Waals surface area contributed by atoms with Gasteiger partial charge in [0, 0.05) is 30.5 Å². The molecule has 1 saturated heterocycles. The van der Waals surface area contributed by atoms with Gasteiger partial charge in [-0.15, -0.1) is 0 Å². The Hall–Kier alpha value is -1.10. The number of rotatable bonds is 2. The van der Waals surface area contributed by atoms with Crippen LogP contribution in [0.2, 0.25) is 0 Å². The maximum atomic E-state index is 12.1. The number of likely N-dealkylation sites (tertiary alicyclic amines) is 1. The number of amides is 2. The van der Waals surface area contributed by atoms with Gasteiger partial charge < -0.3 is 16.0 Å². The van der Waals surface area contributed by atoms with E-state index in [4.69, 9.17) is 5.73 Å². The van der Waals surface area contributed by atoms with Gasteiger partial charge in [0.15, 0.2) is 0 Å². The fraction of sp³-hybridized carbons (Fsp3) is 0.857. The summed E-state index contributed by atoms with van der Waals surface area (Å²) in [7, 11) is 0. The topological polar surface area (TPSA) is 75.4 Å². The zero-order valence-electron chi connectivity index (χ0n) is 12.1. The molecule has 0 spiro atoms. The van der Waals surface area contributed by atoms with E-state index in [9.17, 15) is 9.59 Å². The van der Waals surface area contributed by atoms with E-state index in [0.29, 0.717) is 13.0 Å². The van der Waals surface area contributed by atoms with Crippen LogP contribution in [0.3, 0.4) is 0 Å². The molecule has 0 radical (unpaired) electrons. The highest BCUT2D eigenvalue weighted by Crippen LogP contribution is 2.26. The summed E-state index contributed by atoms with van der Waals surface area (Å²) in [5.41, 5.74) is 5.66. The van der Waals surface area contributed by atoms with Gasteiger partial charge in [0.05, 0.1) is 6.04 Å². The lowest BCUT2D eigenvalue weighted by Gasteiger charge is -2.32. The molecular weight excluding hydrogens is 242 g/mol. The Morgan fingerprint density at radius 1 is 1.37 bits per heavy atom. The zero-order valence-corrected chi connectivity index (χ0v) is 12.1. The third kappa shape index (κ3) is 3.26. The summed E-state index contributed by atoms with van der Waals surface area (Å²) in [6.07, 6.45) is 2.99. The summed E-state index contributed by atoms with van der Waals surface area (Å²) >= 11 is 0. The highest BCUT2D eigenvalue weighted by atomic mass is 16.2. The molecule has 2 rings (SSSR count). The Labute approximate surface area is 114 Å². The molecule has 1 saturated carbocycles. The molecule has 3 atom stereocenters. The zero-order chi connectivity index (χ0) is 14.2. The number of carbonyl (C=O) groups is 2. The number of nitrogens with zero attached hydrogens (tertiary/aromatic N) is 1. The molecule has 0 aromatic carbocycles. The molecule has 19 heavy (non-hydrogen) atoms. The van der Waals surface area contributed by atoms with Gasteiger partial charge in [-0.2, -0.15) is 0 Å². The molecule has 5 heteroatoms. The van der Waals surface area contributed by atoms with Gasteiger partial charge in [0.1, 0.15) is 0 Å². The highest BCUT2D eigenvalue weighted by molar-refractivity contribution is 5.83. The quantitative estimate of drug-likeness (QED) is 0.770. The van der Waals surface area contributed by atoms with Crippen LogP contribution in [-0.4, -0.2) is 40.9 Å². The van der Waals surface area contributed by atoms with E-state index < -0.39 is 0 Å². The fourth-order valence-electron chi connectivity index (χ4n) is 3.03. The van der Waals surface area contributed by atoms with Crippen LogP contribution in [0.25, 0.3) is 0 Å². The number of carbonyl (C=O) groups excluding carboxylic acids is 2. The first-order valence-electron chi connectivity index (χ1n) is 7.14. The second-order valence-corrected chi connectivity index (χ2v) is 6.85. The van der Waals surface area contributed by atoms with Crippen molar-refractivity contribution in [2.45, 2.75) is 64.1 Å². The smallest absolute Gasteiger partial charge is 0.225 e. The number of nitrogens with two attached hydrogens (primary N) is 1. The lowest BCUT2D eigenvalue weighted by molar-refractivity contribution is -0.131. The van der Waals surface area contributed by atoms with Crippen molar-refractivity contribution < 1.29 is 9.59 Å². The first-order chi connectivity index (χ1) is 8.77. The Bertz CT molecular complexity index is 375. The molecule has 108 valence electrons. The number of hydrogen-bond donors (Lipinski definition) is 2. The summed E-state index contributed by atoms with van der Waals surface area (Å²) in [6.45, 7) is 6.67. The molecule has 2 aliphatic rings. The van der Waals surface area contributed by atoms with Crippen molar-refractivity contribution in [3.63, 3.8) is 0 Å². The molecule has 5 nitrogen and oxygen atoms in total. The lowest BCUT2D eigenvalue weighted by atomic mass is 10.1. The van der Waals surface area contributed by atoms with E-state index in [-0.39, 0.29) is 35.4 Å². The van der Waals surface area contributed by atoms with Crippen LogP contribution in [0.4, 0.5) is 0 Å². The predicted molar refractivity (Wildman–Crippen MR) is 73.3 cm³/mol. The predicted octanol–water partition coefficient (Wildman–Crippen LogP) is 0.629. The maximum absolute atomic E-state index is 12.1. The average Bonchev–Trinajstić information content (AvgIpc) is 2.84. The summed E-state index contributed by atoms with van der Waals surface area (Å²) in [5.74, 6) is 0.233. The Balaban J connectivity index is 1.88. The van der Waals surface area contributed by atoms with Crippen LogP contribution in [0.1, 0.15) is 46.5 Å². The van der Waals surface area contributed by atoms with Gasteiger partial charge in [-0.25, -0.2) is 0 Å². The standard InChI is InChI=1S/C14H25N3O2/c1-14(2,3)17-8-11(7-12(17)18)16-13(19)9-4-5-10(15)6-9/h9-11H,4-8,15H2,1-3H3,(H,16,19). The molecule has 2 fully saturated rings. The van der Waals surface area contributed by atoms with E-state index in [0.717, 1.165) is 19.3 Å². The number of hydrogen-bond acceptors (Lipinski definition) is 3. The van der Waals surface area contributed by atoms with E-state index in [1.807, 2.05) is 25.7 Å². The van der Waals surface area contributed by atoms with Crippen LogP contribution in [0, 0.1) is 5.92 Å². The van der Waals surface area contributed by atoms with Gasteiger partial charge in [-0.3, -0.25) is 9.59 Å². The minimum atomic E-state index is -0.174. The van der Waals surface area contributed by atoms with Gasteiger partial charge in [-0.1, -0.05) is 0 Å². The third-order valence-electron chi connectivity index (χ3n) is 4.13. The normalized spacial score (nSPS) is 31.9. The molecule has 0 aromatic heterocycles. The summed E-state index contributed by atoms with van der Waals surface area (Å²) in [4.78, 5) is 25.9. The second kappa shape index (κ2) is 5.12. The lowest BCUT2D eigenvalue weighted by Crippen LogP contribution is -2.45. The summed E-state index contributed by atoms with van der Waals surface area (Å²) < 4.78 is 0. The SMILES string of the molecule is CC(C)(C)N1CC(NC(=O)C2CCC(N)C2)CC1=O. The average molecular weight is 267 g/mol. The van der Waals surface area contributed by atoms with Gasteiger partial charge in [-0.05, 0) is 40.0 Å². The van der Waals surface area contributed by atoms with Crippen molar-refractivity contribution in [2.24, 2.45) is 11.7 Å². The van der Waals surface area contributed by atoms with Crippen LogP contribution in [-0.2, 0) is 9.59 Å². The number of nitrogens with one attached hydrogen (secondary N) is 1. The first-order valence-corrected chi connectivity index (χ1v) is 7.14. The van der Waals surface area contributed by atoms with Gasteiger partial charge >= 0.3 is 0 Å². The van der Waals surface area contributed by atoms with Crippen molar-refractivity contribution in [2.75, 3.05) is 6.54 Å². The van der Waals surface area contributed by atoms with Crippen LogP contribution in [0.15, 0.2) is 0 Å². The van der Waals surface area contributed by atoms with Crippen molar-refractivity contribution >= 4 is 11.8 Å². The molecule has 3 unspecified atom stereocenters. The molecule has 1 aliphatic carbocycles. The summed E-state index contributed by atoms with van der Waals surface area (Å²) in [6, 6.07) is 0.114. The molecule has 0 aromatic rings. The van der Waals surface area contributed by atoms with Crippen molar-refractivity contribution in [1.29, 1.82) is 0 Å². The largest absolute Gasteiger partial charge is 0.351 e. The second-order valence-electron chi connectivity index (χ2n) is 6.85. The fourth-order valence-corrected chi connectivity index (χ4v) is 3.03. The summed E-state index contributed by atoms with van der Waals surface area (Å²) in [5, 5.41) is 3.02. The van der Waals surface area contributed by atoms with E-state index in [1.165, 1.54) is 0 Å². The monoisotopic (exact) mass is 267 g/mol. The van der Waals surface area contributed by atoms with Crippen LogP contribution < -0.4 is 11.1 Å². The van der Waals surface area contributed by atoms with Crippen LogP contribution in [0.5, 0.6) is 0 Å². The minimum Gasteiger partial charge on any atom is -0.351 e. The van der Waals surface area contributed by atoms with E-state index in [2.05, 4.69) is 5.32 Å². The third-order valence-corrected chi connectivity index (χ3v) is 4.13. The maximum Gasteiger partial charge on any atom is 0.225 e. The minimum absolute atomic E-state index is 0.0359. The Morgan fingerprint density at radius 2 is 2.05 bits per heavy atom. The molecule has 0 bridgehead atoms. The molecule has 3 N–H and O–H groups in total. The van der Waals surface area contributed by atoms with Gasteiger partial charge in [0.25, 0.3) is 0 Å². The van der Waals surface area contributed by atoms with Crippen molar-refractivity contribution in [3.05, 3.63) is 0 Å². The Kier molecular flexibility index (Phi) is 3.85. The first kappa shape index (κ1) is 14.3. The Morgan fingerprint density at radius 3 is 2.53 bits per heavy atom. The van der Waals surface area contributed by atoms with E-state index >= 15 is 0 Å². The van der Waals surface area contributed by atoms with Crippen molar-refractivity contribution in [3.8, 4) is 0 Å². The molecule has 1 heterocycles. The molecular formula is C14H25N3O2.